The molecule has 0 bridgehead atoms. The highest BCUT2D eigenvalue weighted by Gasteiger charge is 2.16. The molecule has 0 aliphatic rings. The summed E-state index contributed by atoms with van der Waals surface area (Å²) in [5, 5.41) is 2.94. The summed E-state index contributed by atoms with van der Waals surface area (Å²) in [7, 11) is 0. The Morgan fingerprint density at radius 1 is 1.17 bits per heavy atom. The quantitative estimate of drug-likeness (QED) is 0.505. The summed E-state index contributed by atoms with van der Waals surface area (Å²) in [5.41, 5.74) is 9.90. The molecule has 3 N–H and O–H groups in total. The standard InChI is InChI=1S/C22H27FN4O.2ClH/c1-13(2)27-20-9-7-17(23)12-19(20)26-22(27)16-6-8-18(14(3)11-16)25-21(28)10-5-15(4)24;;/h6-9,11-13,15H,5,10,24H2,1-4H3,(H,25,28);2*1H. The van der Waals surface area contributed by atoms with E-state index in [1.54, 1.807) is 6.07 Å². The number of carbonyl (C=O) groups excluding carboxylic acids is 1. The van der Waals surface area contributed by atoms with E-state index in [1.807, 2.05) is 32.0 Å². The molecule has 0 aliphatic heterocycles. The lowest BCUT2D eigenvalue weighted by Gasteiger charge is -2.15. The van der Waals surface area contributed by atoms with Crippen molar-refractivity contribution >= 4 is 47.4 Å². The predicted octanol–water partition coefficient (Wildman–Crippen LogP) is 5.64. The SMILES string of the molecule is Cc1cc(-c2nc3cc(F)ccc3n2C(C)C)ccc1NC(=O)CCC(C)N.Cl.Cl. The Labute approximate surface area is 189 Å². The average molecular weight is 455 g/mol. The van der Waals surface area contributed by atoms with Crippen LogP contribution in [0.3, 0.4) is 0 Å². The van der Waals surface area contributed by atoms with Crippen molar-refractivity contribution in [3.05, 3.63) is 47.8 Å². The van der Waals surface area contributed by atoms with E-state index < -0.39 is 0 Å². The van der Waals surface area contributed by atoms with Crippen LogP contribution in [0.1, 0.15) is 45.2 Å². The number of aryl methyl sites for hydroxylation is 1. The van der Waals surface area contributed by atoms with E-state index in [9.17, 15) is 9.18 Å². The van der Waals surface area contributed by atoms with Crippen molar-refractivity contribution in [2.45, 2.75) is 52.6 Å². The monoisotopic (exact) mass is 454 g/mol. The highest BCUT2D eigenvalue weighted by atomic mass is 35.5. The van der Waals surface area contributed by atoms with Crippen LogP contribution >= 0.6 is 24.8 Å². The number of nitrogens with two attached hydrogens (primary N) is 1. The average Bonchev–Trinajstić information content (AvgIpc) is 3.00. The van der Waals surface area contributed by atoms with Crippen molar-refractivity contribution in [1.82, 2.24) is 9.55 Å². The summed E-state index contributed by atoms with van der Waals surface area (Å²) >= 11 is 0. The molecule has 3 aromatic rings. The Morgan fingerprint density at radius 3 is 2.47 bits per heavy atom. The van der Waals surface area contributed by atoms with Gasteiger partial charge in [-0.05, 0) is 70.0 Å². The van der Waals surface area contributed by atoms with Crippen LogP contribution in [0.5, 0.6) is 0 Å². The summed E-state index contributed by atoms with van der Waals surface area (Å²) in [6.07, 6.45) is 1.05. The Hall–Kier alpha value is -2.15. The number of rotatable bonds is 6. The largest absolute Gasteiger partial charge is 0.328 e. The first kappa shape index (κ1) is 25.9. The molecule has 5 nitrogen and oxygen atoms in total. The van der Waals surface area contributed by atoms with Gasteiger partial charge in [-0.3, -0.25) is 4.79 Å². The molecule has 0 aliphatic carbocycles. The van der Waals surface area contributed by atoms with E-state index in [4.69, 9.17) is 5.73 Å². The maximum atomic E-state index is 13.6. The van der Waals surface area contributed by atoms with Crippen molar-refractivity contribution < 1.29 is 9.18 Å². The van der Waals surface area contributed by atoms with E-state index in [0.29, 0.717) is 18.4 Å². The van der Waals surface area contributed by atoms with Crippen LogP contribution in [-0.4, -0.2) is 21.5 Å². The van der Waals surface area contributed by atoms with Crippen LogP contribution < -0.4 is 11.1 Å². The van der Waals surface area contributed by atoms with E-state index in [-0.39, 0.29) is 48.6 Å². The lowest BCUT2D eigenvalue weighted by Crippen LogP contribution is -2.19. The number of hydrogen-bond acceptors (Lipinski definition) is 3. The van der Waals surface area contributed by atoms with Gasteiger partial charge in [0.1, 0.15) is 11.6 Å². The molecule has 8 heteroatoms. The van der Waals surface area contributed by atoms with Gasteiger partial charge in [-0.15, -0.1) is 24.8 Å². The second kappa shape index (κ2) is 10.8. The first-order valence-corrected chi connectivity index (χ1v) is 9.60. The van der Waals surface area contributed by atoms with Crippen molar-refractivity contribution in [3.8, 4) is 11.4 Å². The molecule has 1 atom stereocenters. The van der Waals surface area contributed by atoms with Gasteiger partial charge in [-0.2, -0.15) is 0 Å². The number of carbonyl (C=O) groups is 1. The van der Waals surface area contributed by atoms with Crippen molar-refractivity contribution in [1.29, 1.82) is 0 Å². The molecule has 1 amide bonds. The fraction of sp³-hybridized carbons (Fsp3) is 0.364. The number of benzene rings is 2. The smallest absolute Gasteiger partial charge is 0.224 e. The number of nitrogens with zero attached hydrogens (tertiary/aromatic N) is 2. The van der Waals surface area contributed by atoms with Crippen LogP contribution in [0.4, 0.5) is 10.1 Å². The normalized spacial score (nSPS) is 11.7. The van der Waals surface area contributed by atoms with Gasteiger partial charge in [0.2, 0.25) is 5.91 Å². The minimum atomic E-state index is -0.298. The Bertz CT molecular complexity index is 1020. The topological polar surface area (TPSA) is 72.9 Å². The van der Waals surface area contributed by atoms with Crippen molar-refractivity contribution in [2.24, 2.45) is 5.73 Å². The predicted molar refractivity (Wildman–Crippen MR) is 126 cm³/mol. The molecule has 0 radical (unpaired) electrons. The summed E-state index contributed by atoms with van der Waals surface area (Å²) in [6.45, 7) is 7.99. The molecule has 1 aromatic heterocycles. The van der Waals surface area contributed by atoms with Gasteiger partial charge in [0.25, 0.3) is 0 Å². The molecule has 2 aromatic carbocycles. The molecule has 1 heterocycles. The highest BCUT2D eigenvalue weighted by Crippen LogP contribution is 2.31. The zero-order chi connectivity index (χ0) is 20.4. The van der Waals surface area contributed by atoms with Crippen LogP contribution in [0.2, 0.25) is 0 Å². The van der Waals surface area contributed by atoms with E-state index in [1.165, 1.54) is 12.1 Å². The number of aromatic nitrogens is 2. The summed E-state index contributed by atoms with van der Waals surface area (Å²) in [6, 6.07) is 10.7. The van der Waals surface area contributed by atoms with Crippen LogP contribution in [0.25, 0.3) is 22.4 Å². The van der Waals surface area contributed by atoms with Crippen molar-refractivity contribution in [3.63, 3.8) is 0 Å². The van der Waals surface area contributed by atoms with Crippen LogP contribution in [0.15, 0.2) is 36.4 Å². The summed E-state index contributed by atoms with van der Waals surface area (Å²) in [5.74, 6) is 0.445. The second-order valence-electron chi connectivity index (χ2n) is 7.63. The van der Waals surface area contributed by atoms with Crippen LogP contribution in [0, 0.1) is 12.7 Å². The third-order valence-electron chi connectivity index (χ3n) is 4.75. The third-order valence-corrected chi connectivity index (χ3v) is 4.75. The summed E-state index contributed by atoms with van der Waals surface area (Å²) < 4.78 is 15.7. The van der Waals surface area contributed by atoms with Gasteiger partial charge in [0.05, 0.1) is 11.0 Å². The van der Waals surface area contributed by atoms with Gasteiger partial charge in [0.15, 0.2) is 0 Å². The van der Waals surface area contributed by atoms with E-state index >= 15 is 0 Å². The maximum Gasteiger partial charge on any atom is 0.224 e. The van der Waals surface area contributed by atoms with Crippen molar-refractivity contribution in [2.75, 3.05) is 5.32 Å². The number of halogens is 3. The molecular formula is C22H29Cl2FN4O. The Kier molecular flexibility index (Phi) is 9.28. The highest BCUT2D eigenvalue weighted by molar-refractivity contribution is 5.92. The molecule has 1 unspecified atom stereocenters. The molecule has 0 fully saturated rings. The molecule has 3 rings (SSSR count). The number of fused-ring (bicyclic) bond motifs is 1. The Balaban J connectivity index is 0.00000225. The van der Waals surface area contributed by atoms with Gasteiger partial charge >= 0.3 is 0 Å². The minimum Gasteiger partial charge on any atom is -0.328 e. The number of anilines is 1. The number of imidazole rings is 1. The zero-order valence-corrected chi connectivity index (χ0v) is 19.2. The first-order chi connectivity index (χ1) is 13.3. The maximum absolute atomic E-state index is 13.6. The zero-order valence-electron chi connectivity index (χ0n) is 17.6. The number of amides is 1. The fourth-order valence-electron chi connectivity index (χ4n) is 3.31. The van der Waals surface area contributed by atoms with Gasteiger partial charge in [0, 0.05) is 35.8 Å². The molecule has 164 valence electrons. The molecule has 0 saturated heterocycles. The lowest BCUT2D eigenvalue weighted by molar-refractivity contribution is -0.116. The lowest BCUT2D eigenvalue weighted by atomic mass is 10.1. The number of nitrogens with one attached hydrogen (secondary N) is 1. The second-order valence-corrected chi connectivity index (χ2v) is 7.63. The number of hydrogen-bond donors (Lipinski definition) is 2. The molecule has 0 saturated carbocycles. The minimum absolute atomic E-state index is 0. The molecule has 0 spiro atoms. The fourth-order valence-corrected chi connectivity index (χ4v) is 3.31. The van der Waals surface area contributed by atoms with Gasteiger partial charge < -0.3 is 15.6 Å². The third kappa shape index (κ3) is 5.72. The first-order valence-electron chi connectivity index (χ1n) is 9.60. The van der Waals surface area contributed by atoms with Crippen LogP contribution in [-0.2, 0) is 4.79 Å². The van der Waals surface area contributed by atoms with Gasteiger partial charge in [-0.25, -0.2) is 9.37 Å². The van der Waals surface area contributed by atoms with E-state index in [0.717, 1.165) is 28.2 Å². The molecule has 30 heavy (non-hydrogen) atoms. The molecular weight excluding hydrogens is 426 g/mol. The van der Waals surface area contributed by atoms with Gasteiger partial charge in [-0.1, -0.05) is 0 Å². The summed E-state index contributed by atoms with van der Waals surface area (Å²) in [4.78, 5) is 16.8. The van der Waals surface area contributed by atoms with E-state index in [2.05, 4.69) is 28.7 Å². The Morgan fingerprint density at radius 2 is 1.87 bits per heavy atom.